The lowest BCUT2D eigenvalue weighted by Crippen LogP contribution is -2.43. The third-order valence-electron chi connectivity index (χ3n) is 5.30. The van der Waals surface area contributed by atoms with E-state index in [1.54, 1.807) is 25.3 Å². The van der Waals surface area contributed by atoms with Gasteiger partial charge < -0.3 is 10.2 Å². The van der Waals surface area contributed by atoms with E-state index in [1.807, 2.05) is 41.8 Å². The number of imide groups is 1. The van der Waals surface area contributed by atoms with Crippen LogP contribution in [0.4, 0.5) is 4.79 Å². The fourth-order valence-corrected chi connectivity index (χ4v) is 4.08. The van der Waals surface area contributed by atoms with Crippen LogP contribution in [0.25, 0.3) is 0 Å². The smallest absolute Gasteiger partial charge is 0.325 e. The molecule has 3 rings (SSSR count). The van der Waals surface area contributed by atoms with Gasteiger partial charge in [0.25, 0.3) is 5.91 Å². The predicted octanol–water partition coefficient (Wildman–Crippen LogP) is 3.47. The molecule has 0 radical (unpaired) electrons. The van der Waals surface area contributed by atoms with Crippen LogP contribution in [0.5, 0.6) is 0 Å². The molecule has 154 valence electrons. The van der Waals surface area contributed by atoms with E-state index in [9.17, 15) is 14.4 Å². The molecule has 2 aromatic rings. The van der Waals surface area contributed by atoms with Crippen LogP contribution >= 0.6 is 11.3 Å². The van der Waals surface area contributed by atoms with E-state index < -0.39 is 17.5 Å². The standard InChI is InChI=1S/C22H27N3O3S/c1-21(2,3)15-8-10-16(11-9-15)22(4)19(27)25(20(28)23-22)14-18(26)24(5)13-17-7-6-12-29-17/h6-12H,13-14H2,1-5H3,(H,23,28)/t22-/m1/s1. The molecule has 1 N–H and O–H groups in total. The number of carbonyl (C=O) groups is 3. The van der Waals surface area contributed by atoms with Crippen LogP contribution in [-0.2, 0) is 27.1 Å². The summed E-state index contributed by atoms with van der Waals surface area (Å²) in [6, 6.07) is 11.0. The number of nitrogens with zero attached hydrogens (tertiary/aromatic N) is 2. The number of amides is 4. The van der Waals surface area contributed by atoms with Crippen LogP contribution < -0.4 is 5.32 Å². The molecule has 1 aromatic heterocycles. The first-order chi connectivity index (χ1) is 13.5. The van der Waals surface area contributed by atoms with E-state index in [0.717, 1.165) is 15.3 Å². The summed E-state index contributed by atoms with van der Waals surface area (Å²) in [7, 11) is 1.67. The Labute approximate surface area is 175 Å². The van der Waals surface area contributed by atoms with Crippen LogP contribution in [0.3, 0.4) is 0 Å². The van der Waals surface area contributed by atoms with Gasteiger partial charge in [-0.3, -0.25) is 14.5 Å². The highest BCUT2D eigenvalue weighted by atomic mass is 32.1. The van der Waals surface area contributed by atoms with Crippen molar-refractivity contribution >= 4 is 29.2 Å². The lowest BCUT2D eigenvalue weighted by Gasteiger charge is -2.25. The average Bonchev–Trinajstić information content (AvgIpc) is 3.24. The summed E-state index contributed by atoms with van der Waals surface area (Å²) in [5.41, 5.74) is 0.656. The Balaban J connectivity index is 1.74. The molecule has 0 unspecified atom stereocenters. The van der Waals surface area contributed by atoms with Gasteiger partial charge in [-0.15, -0.1) is 11.3 Å². The fraction of sp³-hybridized carbons (Fsp3) is 0.409. The van der Waals surface area contributed by atoms with Gasteiger partial charge in [-0.05, 0) is 34.9 Å². The van der Waals surface area contributed by atoms with Crippen molar-refractivity contribution < 1.29 is 14.4 Å². The summed E-state index contributed by atoms with van der Waals surface area (Å²) in [6.07, 6.45) is 0. The van der Waals surface area contributed by atoms with E-state index in [-0.39, 0.29) is 17.9 Å². The Bertz CT molecular complexity index is 916. The fourth-order valence-electron chi connectivity index (χ4n) is 3.32. The molecule has 1 aliphatic heterocycles. The van der Waals surface area contributed by atoms with Gasteiger partial charge in [0.2, 0.25) is 5.91 Å². The normalized spacial score (nSPS) is 19.4. The third-order valence-corrected chi connectivity index (χ3v) is 6.16. The maximum atomic E-state index is 13.1. The van der Waals surface area contributed by atoms with Gasteiger partial charge in [0, 0.05) is 11.9 Å². The van der Waals surface area contributed by atoms with E-state index in [2.05, 4.69) is 26.1 Å². The van der Waals surface area contributed by atoms with Crippen LogP contribution in [0, 0.1) is 0 Å². The number of nitrogens with one attached hydrogen (secondary N) is 1. The molecule has 7 heteroatoms. The first-order valence-electron chi connectivity index (χ1n) is 9.54. The molecule has 0 saturated carbocycles. The lowest BCUT2D eigenvalue weighted by atomic mass is 9.84. The van der Waals surface area contributed by atoms with Crippen molar-refractivity contribution in [1.29, 1.82) is 0 Å². The summed E-state index contributed by atoms with van der Waals surface area (Å²) in [4.78, 5) is 41.7. The summed E-state index contributed by atoms with van der Waals surface area (Å²) in [5.74, 6) is -0.696. The quantitative estimate of drug-likeness (QED) is 0.763. The largest absolute Gasteiger partial charge is 0.339 e. The molecular formula is C22H27N3O3S. The molecule has 1 fully saturated rings. The number of urea groups is 1. The minimum atomic E-state index is -1.18. The predicted molar refractivity (Wildman–Crippen MR) is 114 cm³/mol. The highest BCUT2D eigenvalue weighted by molar-refractivity contribution is 7.09. The molecule has 0 spiro atoms. The highest BCUT2D eigenvalue weighted by Gasteiger charge is 2.49. The number of hydrogen-bond acceptors (Lipinski definition) is 4. The molecule has 1 aliphatic rings. The lowest BCUT2D eigenvalue weighted by molar-refractivity contribution is -0.138. The number of benzene rings is 1. The zero-order valence-corrected chi connectivity index (χ0v) is 18.3. The molecule has 29 heavy (non-hydrogen) atoms. The van der Waals surface area contributed by atoms with Gasteiger partial charge in [-0.1, -0.05) is 51.1 Å². The molecule has 1 saturated heterocycles. The number of rotatable bonds is 5. The van der Waals surface area contributed by atoms with Crippen molar-refractivity contribution in [2.75, 3.05) is 13.6 Å². The molecule has 2 heterocycles. The molecule has 0 aliphatic carbocycles. The Morgan fingerprint density at radius 3 is 2.38 bits per heavy atom. The average molecular weight is 414 g/mol. The second-order valence-electron chi connectivity index (χ2n) is 8.60. The summed E-state index contributed by atoms with van der Waals surface area (Å²) in [6.45, 7) is 8.21. The molecular weight excluding hydrogens is 386 g/mol. The molecule has 0 bridgehead atoms. The van der Waals surface area contributed by atoms with Crippen molar-refractivity contribution in [3.05, 3.63) is 57.8 Å². The zero-order chi connectivity index (χ0) is 21.4. The zero-order valence-electron chi connectivity index (χ0n) is 17.5. The Morgan fingerprint density at radius 2 is 1.83 bits per heavy atom. The summed E-state index contributed by atoms with van der Waals surface area (Å²) < 4.78 is 0. The van der Waals surface area contributed by atoms with Gasteiger partial charge in [0.1, 0.15) is 12.1 Å². The molecule has 1 atom stereocenters. The molecule has 1 aromatic carbocycles. The number of hydrogen-bond donors (Lipinski definition) is 1. The van der Waals surface area contributed by atoms with Crippen molar-refractivity contribution in [1.82, 2.24) is 15.1 Å². The number of carbonyl (C=O) groups excluding carboxylic acids is 3. The maximum absolute atomic E-state index is 13.1. The van der Waals surface area contributed by atoms with Gasteiger partial charge in [0.15, 0.2) is 0 Å². The first kappa shape index (κ1) is 21.0. The Morgan fingerprint density at radius 1 is 1.17 bits per heavy atom. The summed E-state index contributed by atoms with van der Waals surface area (Å²) >= 11 is 1.56. The Hall–Kier alpha value is -2.67. The van der Waals surface area contributed by atoms with Gasteiger partial charge in [-0.25, -0.2) is 4.79 Å². The van der Waals surface area contributed by atoms with Crippen molar-refractivity contribution in [2.45, 2.75) is 45.2 Å². The van der Waals surface area contributed by atoms with Crippen molar-refractivity contribution in [3.63, 3.8) is 0 Å². The highest BCUT2D eigenvalue weighted by Crippen LogP contribution is 2.31. The van der Waals surface area contributed by atoms with Gasteiger partial charge in [-0.2, -0.15) is 0 Å². The van der Waals surface area contributed by atoms with E-state index in [1.165, 1.54) is 4.90 Å². The van der Waals surface area contributed by atoms with Crippen molar-refractivity contribution in [2.24, 2.45) is 0 Å². The number of likely N-dealkylation sites (N-methyl/N-ethyl adjacent to an activating group) is 1. The van der Waals surface area contributed by atoms with Gasteiger partial charge in [0.05, 0.1) is 6.54 Å². The Kier molecular flexibility index (Phi) is 5.54. The number of thiophene rings is 1. The minimum absolute atomic E-state index is 0.00598. The van der Waals surface area contributed by atoms with Crippen LogP contribution in [-0.4, -0.2) is 41.2 Å². The maximum Gasteiger partial charge on any atom is 0.325 e. The monoisotopic (exact) mass is 413 g/mol. The molecule has 4 amide bonds. The van der Waals surface area contributed by atoms with E-state index in [0.29, 0.717) is 12.1 Å². The van der Waals surface area contributed by atoms with Crippen molar-refractivity contribution in [3.8, 4) is 0 Å². The van der Waals surface area contributed by atoms with Crippen LogP contribution in [0.2, 0.25) is 0 Å². The van der Waals surface area contributed by atoms with Crippen LogP contribution in [0.1, 0.15) is 43.7 Å². The first-order valence-corrected chi connectivity index (χ1v) is 10.4. The molecule has 6 nitrogen and oxygen atoms in total. The van der Waals surface area contributed by atoms with Gasteiger partial charge >= 0.3 is 6.03 Å². The SMILES string of the molecule is CN(Cc1cccs1)C(=O)CN1C(=O)N[C@](C)(c2ccc(C(C)(C)C)cc2)C1=O. The second kappa shape index (κ2) is 7.63. The van der Waals surface area contributed by atoms with E-state index in [4.69, 9.17) is 0 Å². The minimum Gasteiger partial charge on any atom is -0.339 e. The van der Waals surface area contributed by atoms with Crippen LogP contribution in [0.15, 0.2) is 41.8 Å². The van der Waals surface area contributed by atoms with E-state index >= 15 is 0 Å². The second-order valence-corrected chi connectivity index (χ2v) is 9.64. The third kappa shape index (κ3) is 4.19. The summed E-state index contributed by atoms with van der Waals surface area (Å²) in [5, 5.41) is 4.71. The topological polar surface area (TPSA) is 69.7 Å².